The van der Waals surface area contributed by atoms with Crippen LogP contribution in [0.1, 0.15) is 51.6 Å². The number of ether oxygens (including phenoxy) is 1. The van der Waals surface area contributed by atoms with Crippen LogP contribution in [-0.2, 0) is 9.59 Å². The van der Waals surface area contributed by atoms with Crippen molar-refractivity contribution in [3.05, 3.63) is 29.8 Å². The normalized spacial score (nSPS) is 24.4. The molecule has 2 aliphatic rings. The van der Waals surface area contributed by atoms with Crippen molar-refractivity contribution < 1.29 is 19.1 Å². The highest BCUT2D eigenvalue weighted by Crippen LogP contribution is 2.31. The van der Waals surface area contributed by atoms with Gasteiger partial charge in [-0.15, -0.1) is 0 Å². The molecule has 0 aliphatic carbocycles. The summed E-state index contributed by atoms with van der Waals surface area (Å²) in [4.78, 5) is 38.5. The van der Waals surface area contributed by atoms with Crippen molar-refractivity contribution in [3.8, 4) is 5.75 Å². The Labute approximate surface area is 159 Å². The fraction of sp³-hybridized carbons (Fsp3) is 0.550. The minimum Gasteiger partial charge on any atom is -0.493 e. The molecule has 2 N–H and O–H groups in total. The van der Waals surface area contributed by atoms with Crippen LogP contribution >= 0.6 is 0 Å². The van der Waals surface area contributed by atoms with E-state index >= 15 is 0 Å². The second-order valence-corrected chi connectivity index (χ2v) is 7.88. The predicted octanol–water partition coefficient (Wildman–Crippen LogP) is 2.37. The molecule has 0 spiro atoms. The Bertz CT molecular complexity index is 748. The lowest BCUT2D eigenvalue weighted by molar-refractivity contribution is -0.135. The fourth-order valence-electron chi connectivity index (χ4n) is 3.51. The van der Waals surface area contributed by atoms with E-state index < -0.39 is 11.6 Å². The summed E-state index contributed by atoms with van der Waals surface area (Å²) >= 11 is 0. The maximum absolute atomic E-state index is 12.7. The number of imide groups is 1. The molecular weight excluding hydrogens is 346 g/mol. The molecule has 2 aliphatic heterocycles. The third-order valence-electron chi connectivity index (χ3n) is 5.16. The van der Waals surface area contributed by atoms with Gasteiger partial charge in [0.1, 0.15) is 17.8 Å². The van der Waals surface area contributed by atoms with Crippen molar-refractivity contribution in [3.63, 3.8) is 0 Å². The first-order valence-electron chi connectivity index (χ1n) is 9.45. The van der Waals surface area contributed by atoms with Gasteiger partial charge in [-0.2, -0.15) is 0 Å². The zero-order chi connectivity index (χ0) is 19.6. The van der Waals surface area contributed by atoms with Gasteiger partial charge in [-0.25, -0.2) is 4.79 Å². The molecule has 3 rings (SSSR count). The molecule has 1 aromatic carbocycles. The van der Waals surface area contributed by atoms with Gasteiger partial charge in [0, 0.05) is 12.0 Å². The number of fused-ring (bicyclic) bond motifs is 1. The number of para-hydroxylation sites is 1. The van der Waals surface area contributed by atoms with Crippen LogP contribution in [0.4, 0.5) is 4.79 Å². The highest BCUT2D eigenvalue weighted by atomic mass is 16.5. The number of benzene rings is 1. The average molecular weight is 373 g/mol. The van der Waals surface area contributed by atoms with Gasteiger partial charge in [0.15, 0.2) is 0 Å². The van der Waals surface area contributed by atoms with Crippen LogP contribution in [0.2, 0.25) is 0 Å². The Kier molecular flexibility index (Phi) is 5.39. The molecule has 0 bridgehead atoms. The molecule has 0 saturated carbocycles. The number of carbonyl (C=O) groups excluding carboxylic acids is 3. The number of hydrogen-bond acceptors (Lipinski definition) is 4. The van der Waals surface area contributed by atoms with Gasteiger partial charge in [-0.3, -0.25) is 14.5 Å². The van der Waals surface area contributed by atoms with Crippen LogP contribution in [-0.4, -0.2) is 41.4 Å². The summed E-state index contributed by atoms with van der Waals surface area (Å²) < 4.78 is 5.60. The van der Waals surface area contributed by atoms with E-state index in [0.29, 0.717) is 25.4 Å². The molecule has 1 fully saturated rings. The van der Waals surface area contributed by atoms with Crippen molar-refractivity contribution in [1.82, 2.24) is 15.5 Å². The highest BCUT2D eigenvalue weighted by molar-refractivity contribution is 6.08. The zero-order valence-corrected chi connectivity index (χ0v) is 16.1. The molecule has 2 heterocycles. The molecule has 4 amide bonds. The first-order chi connectivity index (χ1) is 12.8. The molecule has 27 heavy (non-hydrogen) atoms. The van der Waals surface area contributed by atoms with Crippen LogP contribution in [0.3, 0.4) is 0 Å². The minimum atomic E-state index is -0.938. The Morgan fingerprint density at radius 1 is 1.37 bits per heavy atom. The molecule has 0 radical (unpaired) electrons. The Morgan fingerprint density at radius 2 is 2.11 bits per heavy atom. The van der Waals surface area contributed by atoms with Gasteiger partial charge in [0.2, 0.25) is 5.91 Å². The van der Waals surface area contributed by atoms with Crippen LogP contribution in [0.25, 0.3) is 0 Å². The van der Waals surface area contributed by atoms with Gasteiger partial charge < -0.3 is 15.4 Å². The molecule has 0 unspecified atom stereocenters. The summed E-state index contributed by atoms with van der Waals surface area (Å²) in [6.45, 7) is 6.10. The zero-order valence-electron chi connectivity index (χ0n) is 16.1. The number of amides is 4. The maximum Gasteiger partial charge on any atom is 0.325 e. The summed E-state index contributed by atoms with van der Waals surface area (Å²) in [5.41, 5.74) is -0.0246. The van der Waals surface area contributed by atoms with Gasteiger partial charge >= 0.3 is 6.03 Å². The van der Waals surface area contributed by atoms with Crippen molar-refractivity contribution in [1.29, 1.82) is 0 Å². The lowest BCUT2D eigenvalue weighted by atomic mass is 9.92. The summed E-state index contributed by atoms with van der Waals surface area (Å²) in [7, 11) is 0. The molecule has 7 nitrogen and oxygen atoms in total. The number of nitrogens with zero attached hydrogens (tertiary/aromatic N) is 1. The minimum absolute atomic E-state index is 0.185. The first kappa shape index (κ1) is 19.2. The second kappa shape index (κ2) is 7.58. The molecule has 0 aromatic heterocycles. The largest absolute Gasteiger partial charge is 0.493 e. The van der Waals surface area contributed by atoms with Crippen LogP contribution < -0.4 is 15.4 Å². The van der Waals surface area contributed by atoms with E-state index in [1.165, 1.54) is 0 Å². The van der Waals surface area contributed by atoms with Crippen LogP contribution in [0, 0.1) is 5.92 Å². The van der Waals surface area contributed by atoms with Gasteiger partial charge in [0.05, 0.1) is 12.6 Å². The smallest absolute Gasteiger partial charge is 0.325 e. The number of urea groups is 1. The SMILES string of the molecule is CC(C)CC[C@]1(C)NC(=O)N(CC(=O)N[C@H]2CCOc3ccccc32)C1=O. The molecule has 146 valence electrons. The summed E-state index contributed by atoms with van der Waals surface area (Å²) in [5, 5.41) is 5.68. The summed E-state index contributed by atoms with van der Waals surface area (Å²) in [6, 6.07) is 6.87. The number of hydrogen-bond donors (Lipinski definition) is 2. The van der Waals surface area contributed by atoms with E-state index in [1.54, 1.807) is 6.92 Å². The predicted molar refractivity (Wildman–Crippen MR) is 100 cm³/mol. The van der Waals surface area contributed by atoms with Crippen LogP contribution in [0.15, 0.2) is 24.3 Å². The molecule has 1 saturated heterocycles. The van der Waals surface area contributed by atoms with Crippen molar-refractivity contribution in [2.45, 2.75) is 51.6 Å². The van der Waals surface area contributed by atoms with E-state index in [0.717, 1.165) is 22.6 Å². The molecule has 7 heteroatoms. The molecule has 1 aromatic rings. The lowest BCUT2D eigenvalue weighted by Gasteiger charge is -2.27. The molecular formula is C20H27N3O4. The number of rotatable bonds is 6. The van der Waals surface area contributed by atoms with E-state index in [2.05, 4.69) is 24.5 Å². The second-order valence-electron chi connectivity index (χ2n) is 7.88. The third kappa shape index (κ3) is 4.07. The van der Waals surface area contributed by atoms with E-state index in [-0.39, 0.29) is 24.4 Å². The topological polar surface area (TPSA) is 87.7 Å². The van der Waals surface area contributed by atoms with Gasteiger partial charge in [-0.1, -0.05) is 32.0 Å². The maximum atomic E-state index is 12.7. The standard InChI is InChI=1S/C20H27N3O4/c1-13(2)8-10-20(3)18(25)23(19(26)22-20)12-17(24)21-15-9-11-27-16-7-5-4-6-14(15)16/h4-7,13,15H,8-12H2,1-3H3,(H,21,24)(H,22,26)/t15-,20-/m0/s1. The van der Waals surface area contributed by atoms with Crippen molar-refractivity contribution in [2.75, 3.05) is 13.2 Å². The summed E-state index contributed by atoms with van der Waals surface area (Å²) in [5.74, 6) is 0.492. The van der Waals surface area contributed by atoms with Gasteiger partial charge in [-0.05, 0) is 31.7 Å². The Hall–Kier alpha value is -2.57. The fourth-order valence-corrected chi connectivity index (χ4v) is 3.51. The molecule has 2 atom stereocenters. The summed E-state index contributed by atoms with van der Waals surface area (Å²) in [6.07, 6.45) is 2.02. The van der Waals surface area contributed by atoms with E-state index in [9.17, 15) is 14.4 Å². The number of carbonyl (C=O) groups is 3. The van der Waals surface area contributed by atoms with Crippen molar-refractivity contribution in [2.24, 2.45) is 5.92 Å². The third-order valence-corrected chi connectivity index (χ3v) is 5.16. The average Bonchev–Trinajstić information content (AvgIpc) is 2.84. The highest BCUT2D eigenvalue weighted by Gasteiger charge is 2.48. The Morgan fingerprint density at radius 3 is 2.85 bits per heavy atom. The quantitative estimate of drug-likeness (QED) is 0.750. The monoisotopic (exact) mass is 373 g/mol. The van der Waals surface area contributed by atoms with Gasteiger partial charge in [0.25, 0.3) is 5.91 Å². The van der Waals surface area contributed by atoms with E-state index in [1.807, 2.05) is 24.3 Å². The first-order valence-corrected chi connectivity index (χ1v) is 9.45. The Balaban J connectivity index is 1.63. The van der Waals surface area contributed by atoms with E-state index in [4.69, 9.17) is 4.74 Å². The number of nitrogens with one attached hydrogen (secondary N) is 2. The van der Waals surface area contributed by atoms with Crippen molar-refractivity contribution >= 4 is 17.8 Å². The lowest BCUT2D eigenvalue weighted by Crippen LogP contribution is -2.45. The van der Waals surface area contributed by atoms with Crippen LogP contribution in [0.5, 0.6) is 5.75 Å².